The van der Waals surface area contributed by atoms with Gasteiger partial charge in [-0.3, -0.25) is 4.79 Å². The van der Waals surface area contributed by atoms with Gasteiger partial charge in [-0.05, 0) is 6.42 Å². The van der Waals surface area contributed by atoms with Gasteiger partial charge in [-0.2, -0.15) is 0 Å². The highest BCUT2D eigenvalue weighted by molar-refractivity contribution is 5.75. The molecule has 3 nitrogen and oxygen atoms in total. The normalized spacial score (nSPS) is 28.8. The summed E-state index contributed by atoms with van der Waals surface area (Å²) in [6.45, 7) is 0. The van der Waals surface area contributed by atoms with Crippen LogP contribution in [0.5, 0.6) is 0 Å². The van der Waals surface area contributed by atoms with Crippen molar-refractivity contribution in [2.75, 3.05) is 0 Å². The molecule has 1 rings (SSSR count). The van der Waals surface area contributed by atoms with Gasteiger partial charge in [0.25, 0.3) is 0 Å². The molecular weight excluding hydrogens is 140 g/mol. The van der Waals surface area contributed by atoms with Gasteiger partial charge in [-0.15, -0.1) is 0 Å². The van der Waals surface area contributed by atoms with E-state index < -0.39 is 5.54 Å². The molecule has 0 bridgehead atoms. The van der Waals surface area contributed by atoms with Crippen molar-refractivity contribution in [1.82, 2.24) is 0 Å². The number of nitrogens with two attached hydrogens (primary N) is 2. The molecule has 0 heterocycles. The number of carbonyl (C=O) groups is 1. The molecule has 0 saturated heterocycles. The van der Waals surface area contributed by atoms with Gasteiger partial charge < -0.3 is 11.5 Å². The predicted molar refractivity (Wildman–Crippen MR) is 43.6 cm³/mol. The molecule has 1 amide bonds. The van der Waals surface area contributed by atoms with Crippen molar-refractivity contribution in [1.29, 1.82) is 0 Å². The number of primary amides is 1. The van der Waals surface area contributed by atoms with E-state index in [0.717, 1.165) is 0 Å². The van der Waals surface area contributed by atoms with E-state index in [0.29, 0.717) is 6.42 Å². The fourth-order valence-corrected chi connectivity index (χ4v) is 1.14. The lowest BCUT2D eigenvalue weighted by Crippen LogP contribution is -2.41. The number of allylic oxidation sites excluding steroid dienone is 2. The smallest absolute Gasteiger partial charge is 0.219 e. The Morgan fingerprint density at radius 1 is 1.55 bits per heavy atom. The van der Waals surface area contributed by atoms with E-state index in [4.69, 9.17) is 11.5 Å². The number of hydrogen-bond donors (Lipinski definition) is 2. The molecule has 11 heavy (non-hydrogen) atoms. The summed E-state index contributed by atoms with van der Waals surface area (Å²) in [5.41, 5.74) is 10.3. The Labute approximate surface area is 65.8 Å². The standard InChI is InChI=1S/C8H12N2O/c9-7(11)6-8(10)4-2-1-3-5-8/h1-4H,5-6,10H2,(H2,9,11). The summed E-state index contributed by atoms with van der Waals surface area (Å²) in [6, 6.07) is 0. The molecule has 1 unspecified atom stereocenters. The monoisotopic (exact) mass is 152 g/mol. The summed E-state index contributed by atoms with van der Waals surface area (Å²) in [4.78, 5) is 10.6. The molecule has 0 radical (unpaired) electrons. The van der Waals surface area contributed by atoms with Gasteiger partial charge in [0.1, 0.15) is 0 Å². The van der Waals surface area contributed by atoms with E-state index >= 15 is 0 Å². The maximum Gasteiger partial charge on any atom is 0.219 e. The quantitative estimate of drug-likeness (QED) is 0.588. The molecule has 3 heteroatoms. The first-order valence-electron chi connectivity index (χ1n) is 3.54. The zero-order valence-corrected chi connectivity index (χ0v) is 6.29. The maximum atomic E-state index is 10.6. The van der Waals surface area contributed by atoms with Crippen molar-refractivity contribution in [2.45, 2.75) is 18.4 Å². The fourth-order valence-electron chi connectivity index (χ4n) is 1.14. The van der Waals surface area contributed by atoms with Crippen molar-refractivity contribution in [3.63, 3.8) is 0 Å². The van der Waals surface area contributed by atoms with Crippen LogP contribution in [0.15, 0.2) is 24.3 Å². The molecule has 1 aliphatic carbocycles. The van der Waals surface area contributed by atoms with E-state index in [2.05, 4.69) is 0 Å². The van der Waals surface area contributed by atoms with Gasteiger partial charge in [-0.1, -0.05) is 24.3 Å². The third-order valence-electron chi connectivity index (χ3n) is 1.68. The van der Waals surface area contributed by atoms with Crippen LogP contribution < -0.4 is 11.5 Å². The molecular formula is C8H12N2O. The van der Waals surface area contributed by atoms with Crippen LogP contribution in [0, 0.1) is 0 Å². The molecule has 1 atom stereocenters. The Balaban J connectivity index is 2.61. The highest BCUT2D eigenvalue weighted by atomic mass is 16.1. The van der Waals surface area contributed by atoms with Crippen LogP contribution in [0.25, 0.3) is 0 Å². The van der Waals surface area contributed by atoms with E-state index in [9.17, 15) is 4.79 Å². The van der Waals surface area contributed by atoms with Crippen LogP contribution in [-0.4, -0.2) is 11.4 Å². The van der Waals surface area contributed by atoms with Crippen molar-refractivity contribution >= 4 is 5.91 Å². The third-order valence-corrected chi connectivity index (χ3v) is 1.68. The first-order chi connectivity index (χ1) is 5.12. The van der Waals surface area contributed by atoms with Gasteiger partial charge in [0.2, 0.25) is 5.91 Å². The summed E-state index contributed by atoms with van der Waals surface area (Å²) < 4.78 is 0. The van der Waals surface area contributed by atoms with Gasteiger partial charge >= 0.3 is 0 Å². The van der Waals surface area contributed by atoms with Crippen LogP contribution >= 0.6 is 0 Å². The average molecular weight is 152 g/mol. The predicted octanol–water partition coefficient (Wildman–Crippen LogP) is 0.0754. The Bertz CT molecular complexity index is 220. The second kappa shape index (κ2) is 2.88. The van der Waals surface area contributed by atoms with Crippen molar-refractivity contribution < 1.29 is 4.79 Å². The molecule has 0 saturated carbocycles. The average Bonchev–Trinajstić information content (AvgIpc) is 1.85. The zero-order chi connectivity index (χ0) is 8.32. The van der Waals surface area contributed by atoms with Crippen LogP contribution in [0.3, 0.4) is 0 Å². The van der Waals surface area contributed by atoms with E-state index in [1.165, 1.54) is 0 Å². The lowest BCUT2D eigenvalue weighted by atomic mass is 9.89. The summed E-state index contributed by atoms with van der Waals surface area (Å²) in [6.07, 6.45) is 8.40. The minimum Gasteiger partial charge on any atom is -0.370 e. The van der Waals surface area contributed by atoms with E-state index in [1.54, 1.807) is 0 Å². The minimum absolute atomic E-state index is 0.216. The molecule has 0 aromatic carbocycles. The number of carbonyl (C=O) groups excluding carboxylic acids is 1. The number of hydrogen-bond acceptors (Lipinski definition) is 2. The molecule has 0 aromatic rings. The van der Waals surface area contributed by atoms with Crippen molar-refractivity contribution in [3.05, 3.63) is 24.3 Å². The second-order valence-corrected chi connectivity index (χ2v) is 2.87. The largest absolute Gasteiger partial charge is 0.370 e. The number of amides is 1. The molecule has 0 aliphatic heterocycles. The Hall–Kier alpha value is -1.09. The van der Waals surface area contributed by atoms with Gasteiger partial charge in [0.15, 0.2) is 0 Å². The Kier molecular flexibility index (Phi) is 2.10. The third kappa shape index (κ3) is 2.20. The Morgan fingerprint density at radius 3 is 2.73 bits per heavy atom. The van der Waals surface area contributed by atoms with Gasteiger partial charge in [0.05, 0.1) is 0 Å². The SMILES string of the molecule is NC(=O)CC1(N)C=CC=CC1. The van der Waals surface area contributed by atoms with Crippen LogP contribution in [0.2, 0.25) is 0 Å². The number of rotatable bonds is 2. The van der Waals surface area contributed by atoms with Crippen molar-refractivity contribution in [3.8, 4) is 0 Å². The van der Waals surface area contributed by atoms with E-state index in [1.807, 2.05) is 24.3 Å². The maximum absolute atomic E-state index is 10.6. The van der Waals surface area contributed by atoms with Gasteiger partial charge in [-0.25, -0.2) is 0 Å². The molecule has 0 spiro atoms. The minimum atomic E-state index is -0.541. The van der Waals surface area contributed by atoms with Crippen LogP contribution in [0.4, 0.5) is 0 Å². The fraction of sp³-hybridized carbons (Fsp3) is 0.375. The summed E-state index contributed by atoms with van der Waals surface area (Å²) >= 11 is 0. The lowest BCUT2D eigenvalue weighted by Gasteiger charge is -2.24. The highest BCUT2D eigenvalue weighted by Crippen LogP contribution is 2.17. The molecule has 4 N–H and O–H groups in total. The Morgan fingerprint density at radius 2 is 2.27 bits per heavy atom. The van der Waals surface area contributed by atoms with E-state index in [-0.39, 0.29) is 12.3 Å². The van der Waals surface area contributed by atoms with Crippen LogP contribution in [-0.2, 0) is 4.79 Å². The lowest BCUT2D eigenvalue weighted by molar-refractivity contribution is -0.118. The molecule has 0 fully saturated rings. The highest BCUT2D eigenvalue weighted by Gasteiger charge is 2.23. The van der Waals surface area contributed by atoms with Crippen LogP contribution in [0.1, 0.15) is 12.8 Å². The molecule has 60 valence electrons. The summed E-state index contributed by atoms with van der Waals surface area (Å²) in [5, 5.41) is 0. The first kappa shape index (κ1) is 8.01. The second-order valence-electron chi connectivity index (χ2n) is 2.87. The zero-order valence-electron chi connectivity index (χ0n) is 6.29. The van der Waals surface area contributed by atoms with Gasteiger partial charge in [0, 0.05) is 12.0 Å². The summed E-state index contributed by atoms with van der Waals surface area (Å²) in [5.74, 6) is -0.354. The summed E-state index contributed by atoms with van der Waals surface area (Å²) in [7, 11) is 0. The molecule has 1 aliphatic rings. The topological polar surface area (TPSA) is 69.1 Å². The first-order valence-corrected chi connectivity index (χ1v) is 3.54. The molecule has 0 aromatic heterocycles. The van der Waals surface area contributed by atoms with Crippen molar-refractivity contribution in [2.24, 2.45) is 11.5 Å².